The highest BCUT2D eigenvalue weighted by Gasteiger charge is 2.31. The molecule has 0 aliphatic heterocycles. The average Bonchev–Trinajstić information content (AvgIpc) is 3.28. The molecule has 0 spiro atoms. The molecular weight excluding hydrogens is 272 g/mol. The van der Waals surface area contributed by atoms with Crippen LogP contribution in [0, 0.1) is 5.92 Å². The Hall–Kier alpha value is -1.58. The highest BCUT2D eigenvalue weighted by Crippen LogP contribution is 2.32. The highest BCUT2D eigenvalue weighted by molar-refractivity contribution is 5.98. The summed E-state index contributed by atoms with van der Waals surface area (Å²) < 4.78 is 0. The van der Waals surface area contributed by atoms with E-state index in [1.54, 1.807) is 0 Å². The van der Waals surface area contributed by atoms with Gasteiger partial charge in [0.05, 0.1) is 0 Å². The van der Waals surface area contributed by atoms with Gasteiger partial charge >= 0.3 is 0 Å². The number of fused-ring (bicyclic) bond motifs is 1. The summed E-state index contributed by atoms with van der Waals surface area (Å²) >= 11 is 0. The van der Waals surface area contributed by atoms with Gasteiger partial charge in [-0.3, -0.25) is 4.79 Å². The lowest BCUT2D eigenvalue weighted by molar-refractivity contribution is 0.0933. The van der Waals surface area contributed by atoms with Crippen molar-refractivity contribution in [2.24, 2.45) is 11.7 Å². The van der Waals surface area contributed by atoms with Crippen LogP contribution in [-0.2, 0) is 0 Å². The van der Waals surface area contributed by atoms with Crippen LogP contribution in [0.3, 0.4) is 0 Å². The lowest BCUT2D eigenvalue weighted by Gasteiger charge is -2.16. The largest absolute Gasteiger partial charge is 0.348 e. The van der Waals surface area contributed by atoms with Crippen LogP contribution in [0.25, 0.3) is 10.8 Å². The van der Waals surface area contributed by atoms with Gasteiger partial charge in [0.25, 0.3) is 5.91 Å². The van der Waals surface area contributed by atoms with Crippen LogP contribution in [0.15, 0.2) is 42.5 Å². The molecule has 0 heterocycles. The number of nitrogens with two attached hydrogens (primary N) is 1. The molecule has 0 radical (unpaired) electrons. The van der Waals surface area contributed by atoms with Crippen LogP contribution in [-0.4, -0.2) is 18.5 Å². The molecule has 1 saturated carbocycles. The lowest BCUT2D eigenvalue weighted by atomic mass is 10.1. The van der Waals surface area contributed by atoms with Gasteiger partial charge in [0.1, 0.15) is 0 Å². The molecule has 0 bridgehead atoms. The zero-order valence-corrected chi connectivity index (χ0v) is 12.0. The van der Waals surface area contributed by atoms with Crippen molar-refractivity contribution in [3.05, 3.63) is 48.0 Å². The quantitative estimate of drug-likeness (QED) is 0.910. The number of benzene rings is 2. The standard InChI is InChI=1S/C16H18N2O.ClH/c17-10-15(12-6-7-12)18-16(19)14-8-5-11-3-1-2-4-13(11)9-14;/h1-5,8-9,12,15H,6-7,10,17H2,(H,18,19);1H. The van der Waals surface area contributed by atoms with Crippen LogP contribution in [0.1, 0.15) is 23.2 Å². The van der Waals surface area contributed by atoms with E-state index in [-0.39, 0.29) is 24.4 Å². The zero-order chi connectivity index (χ0) is 13.2. The number of nitrogens with one attached hydrogen (secondary N) is 1. The fraction of sp³-hybridized carbons (Fsp3) is 0.312. The normalized spacial score (nSPS) is 15.4. The first-order chi connectivity index (χ1) is 9.28. The molecule has 3 nitrogen and oxygen atoms in total. The summed E-state index contributed by atoms with van der Waals surface area (Å²) in [5.41, 5.74) is 6.42. The summed E-state index contributed by atoms with van der Waals surface area (Å²) in [6, 6.07) is 14.0. The summed E-state index contributed by atoms with van der Waals surface area (Å²) in [5.74, 6) is 0.558. The molecule has 4 heteroatoms. The first-order valence-electron chi connectivity index (χ1n) is 6.77. The Balaban J connectivity index is 0.00000147. The number of carbonyl (C=O) groups is 1. The molecule has 1 unspecified atom stereocenters. The fourth-order valence-electron chi connectivity index (χ4n) is 2.45. The third-order valence-electron chi connectivity index (χ3n) is 3.77. The molecule has 0 aromatic heterocycles. The van der Waals surface area contributed by atoms with Crippen LogP contribution in [0.5, 0.6) is 0 Å². The zero-order valence-electron chi connectivity index (χ0n) is 11.2. The molecule has 0 saturated heterocycles. The molecule has 3 rings (SSSR count). The van der Waals surface area contributed by atoms with E-state index in [1.807, 2.05) is 42.5 Å². The molecule has 1 fully saturated rings. The second kappa shape index (κ2) is 6.25. The first kappa shape index (κ1) is 14.8. The molecule has 106 valence electrons. The number of carbonyl (C=O) groups excluding carboxylic acids is 1. The van der Waals surface area contributed by atoms with Crippen molar-refractivity contribution in [1.82, 2.24) is 5.32 Å². The van der Waals surface area contributed by atoms with Gasteiger partial charge in [0, 0.05) is 18.2 Å². The van der Waals surface area contributed by atoms with Crippen LogP contribution < -0.4 is 11.1 Å². The Morgan fingerprint density at radius 1 is 1.20 bits per heavy atom. The first-order valence-corrected chi connectivity index (χ1v) is 6.77. The van der Waals surface area contributed by atoms with Crippen LogP contribution >= 0.6 is 12.4 Å². The van der Waals surface area contributed by atoms with Crippen molar-refractivity contribution in [2.75, 3.05) is 6.54 Å². The molecule has 1 atom stereocenters. The minimum Gasteiger partial charge on any atom is -0.348 e. The van der Waals surface area contributed by atoms with Gasteiger partial charge in [0.15, 0.2) is 0 Å². The maximum absolute atomic E-state index is 12.2. The van der Waals surface area contributed by atoms with E-state index in [9.17, 15) is 4.79 Å². The van der Waals surface area contributed by atoms with Crippen molar-refractivity contribution < 1.29 is 4.79 Å². The minimum atomic E-state index is -0.0203. The number of rotatable bonds is 4. The molecule has 1 amide bonds. The lowest BCUT2D eigenvalue weighted by Crippen LogP contribution is -2.41. The molecule has 20 heavy (non-hydrogen) atoms. The Kier molecular flexibility index (Phi) is 4.63. The van der Waals surface area contributed by atoms with Gasteiger partial charge in [-0.25, -0.2) is 0 Å². The van der Waals surface area contributed by atoms with E-state index < -0.39 is 0 Å². The molecule has 1 aliphatic carbocycles. The Bertz CT molecular complexity index is 610. The van der Waals surface area contributed by atoms with E-state index in [2.05, 4.69) is 5.32 Å². The predicted molar refractivity (Wildman–Crippen MR) is 84.2 cm³/mol. The van der Waals surface area contributed by atoms with E-state index in [4.69, 9.17) is 5.73 Å². The van der Waals surface area contributed by atoms with Gasteiger partial charge in [-0.05, 0) is 41.7 Å². The third kappa shape index (κ3) is 3.11. The SMILES string of the molecule is Cl.NCC(NC(=O)c1ccc2ccccc2c1)C1CC1. The molecule has 1 aliphatic rings. The van der Waals surface area contributed by atoms with Gasteiger partial charge in [-0.15, -0.1) is 12.4 Å². The van der Waals surface area contributed by atoms with Crippen molar-refractivity contribution in [1.29, 1.82) is 0 Å². The number of hydrogen-bond acceptors (Lipinski definition) is 2. The molecule has 2 aromatic carbocycles. The minimum absolute atomic E-state index is 0. The summed E-state index contributed by atoms with van der Waals surface area (Å²) in [6.45, 7) is 0.518. The number of halogens is 1. The van der Waals surface area contributed by atoms with E-state index in [0.29, 0.717) is 18.0 Å². The van der Waals surface area contributed by atoms with Gasteiger partial charge in [0.2, 0.25) is 0 Å². The Morgan fingerprint density at radius 2 is 1.90 bits per heavy atom. The molecule has 2 aromatic rings. The smallest absolute Gasteiger partial charge is 0.251 e. The van der Waals surface area contributed by atoms with Crippen molar-refractivity contribution >= 4 is 29.1 Å². The van der Waals surface area contributed by atoms with Crippen molar-refractivity contribution in [2.45, 2.75) is 18.9 Å². The highest BCUT2D eigenvalue weighted by atomic mass is 35.5. The van der Waals surface area contributed by atoms with Crippen LogP contribution in [0.2, 0.25) is 0 Å². The maximum atomic E-state index is 12.2. The maximum Gasteiger partial charge on any atom is 0.251 e. The van der Waals surface area contributed by atoms with Gasteiger partial charge in [-0.2, -0.15) is 0 Å². The molecule has 3 N–H and O–H groups in total. The van der Waals surface area contributed by atoms with E-state index in [1.165, 1.54) is 12.8 Å². The van der Waals surface area contributed by atoms with Crippen molar-refractivity contribution in [3.63, 3.8) is 0 Å². The topological polar surface area (TPSA) is 55.1 Å². The summed E-state index contributed by atoms with van der Waals surface area (Å²) in [7, 11) is 0. The Morgan fingerprint density at radius 3 is 2.55 bits per heavy atom. The third-order valence-corrected chi connectivity index (χ3v) is 3.77. The summed E-state index contributed by atoms with van der Waals surface area (Å²) in [4.78, 5) is 12.2. The number of hydrogen-bond donors (Lipinski definition) is 2. The summed E-state index contributed by atoms with van der Waals surface area (Å²) in [6.07, 6.45) is 2.36. The van der Waals surface area contributed by atoms with Crippen molar-refractivity contribution in [3.8, 4) is 0 Å². The second-order valence-electron chi connectivity index (χ2n) is 5.22. The monoisotopic (exact) mass is 290 g/mol. The molecular formula is C16H19ClN2O. The van der Waals surface area contributed by atoms with E-state index >= 15 is 0 Å². The average molecular weight is 291 g/mol. The van der Waals surface area contributed by atoms with Gasteiger partial charge < -0.3 is 11.1 Å². The van der Waals surface area contributed by atoms with Crippen LogP contribution in [0.4, 0.5) is 0 Å². The summed E-state index contributed by atoms with van der Waals surface area (Å²) in [5, 5.41) is 5.28. The number of amides is 1. The van der Waals surface area contributed by atoms with Gasteiger partial charge in [-0.1, -0.05) is 30.3 Å². The van der Waals surface area contributed by atoms with E-state index in [0.717, 1.165) is 10.8 Å². The fourth-order valence-corrected chi connectivity index (χ4v) is 2.45. The second-order valence-corrected chi connectivity index (χ2v) is 5.22. The predicted octanol–water partition coefficient (Wildman–Crippen LogP) is 2.73. The Labute approximate surface area is 125 Å².